The predicted octanol–water partition coefficient (Wildman–Crippen LogP) is 4.47. The average molecular weight is 268 g/mol. The lowest BCUT2D eigenvalue weighted by molar-refractivity contribution is -0.117. The van der Waals surface area contributed by atoms with Gasteiger partial charge in [0, 0.05) is 12.5 Å². The van der Waals surface area contributed by atoms with Crippen LogP contribution in [-0.2, 0) is 9.22 Å². The van der Waals surface area contributed by atoms with Crippen molar-refractivity contribution >= 4 is 14.1 Å². The molecule has 3 heteroatoms. The van der Waals surface area contributed by atoms with Crippen LogP contribution in [0.15, 0.2) is 11.6 Å². The van der Waals surface area contributed by atoms with Crippen LogP contribution in [0, 0.1) is 0 Å². The quantitative estimate of drug-likeness (QED) is 0.688. The molecule has 1 aliphatic carbocycles. The Hall–Kier alpha value is -0.413. The SMILES string of the molecule is CC(CC(=O)C1=CCCC1)O[Si](C)(C)C(C)(C)C. The van der Waals surface area contributed by atoms with Crippen LogP contribution in [-0.4, -0.2) is 20.2 Å². The first-order valence-electron chi connectivity index (χ1n) is 7.03. The Morgan fingerprint density at radius 2 is 2.06 bits per heavy atom. The standard InChI is InChI=1S/C15H28O2Si/c1-12(17-18(5,6)15(2,3)4)11-14(16)13-9-7-8-10-13/h9,12H,7-8,10-11H2,1-6H3. The summed E-state index contributed by atoms with van der Waals surface area (Å²) >= 11 is 0. The monoisotopic (exact) mass is 268 g/mol. The molecule has 1 unspecified atom stereocenters. The number of hydrogen-bond acceptors (Lipinski definition) is 2. The van der Waals surface area contributed by atoms with Crippen LogP contribution in [0.3, 0.4) is 0 Å². The second kappa shape index (κ2) is 5.70. The molecular weight excluding hydrogens is 240 g/mol. The number of Topliss-reactive ketones (excluding diaryl/α,β-unsaturated/α-hetero) is 1. The molecule has 18 heavy (non-hydrogen) atoms. The highest BCUT2D eigenvalue weighted by Crippen LogP contribution is 2.37. The zero-order chi connectivity index (χ0) is 14.0. The summed E-state index contributed by atoms with van der Waals surface area (Å²) in [4.78, 5) is 12.1. The lowest BCUT2D eigenvalue weighted by Crippen LogP contribution is -2.43. The second-order valence-electron chi connectivity index (χ2n) is 6.94. The van der Waals surface area contributed by atoms with E-state index in [1.807, 2.05) is 6.92 Å². The van der Waals surface area contributed by atoms with Crippen molar-refractivity contribution < 1.29 is 9.22 Å². The fraction of sp³-hybridized carbons (Fsp3) is 0.800. The van der Waals surface area contributed by atoms with E-state index in [4.69, 9.17) is 4.43 Å². The second-order valence-corrected chi connectivity index (χ2v) is 11.7. The summed E-state index contributed by atoms with van der Waals surface area (Å²) in [6.45, 7) is 13.2. The molecule has 1 rings (SSSR count). The van der Waals surface area contributed by atoms with E-state index < -0.39 is 8.32 Å². The molecular formula is C15H28O2Si. The van der Waals surface area contributed by atoms with Gasteiger partial charge in [0.15, 0.2) is 14.1 Å². The third-order valence-electron chi connectivity index (χ3n) is 4.17. The molecule has 0 aromatic heterocycles. The van der Waals surface area contributed by atoms with E-state index in [0.717, 1.165) is 24.8 Å². The lowest BCUT2D eigenvalue weighted by Gasteiger charge is -2.38. The molecule has 0 fully saturated rings. The number of allylic oxidation sites excluding steroid dienone is 2. The van der Waals surface area contributed by atoms with Crippen molar-refractivity contribution in [3.63, 3.8) is 0 Å². The van der Waals surface area contributed by atoms with E-state index in [1.54, 1.807) is 0 Å². The van der Waals surface area contributed by atoms with Crippen LogP contribution in [0.5, 0.6) is 0 Å². The summed E-state index contributed by atoms with van der Waals surface area (Å²) in [5.74, 6) is 0.290. The van der Waals surface area contributed by atoms with Crippen LogP contribution in [0.1, 0.15) is 53.4 Å². The van der Waals surface area contributed by atoms with E-state index in [1.165, 1.54) is 0 Å². The van der Waals surface area contributed by atoms with Crippen molar-refractivity contribution in [2.45, 2.75) is 77.6 Å². The van der Waals surface area contributed by atoms with E-state index >= 15 is 0 Å². The maximum atomic E-state index is 12.1. The smallest absolute Gasteiger partial charge is 0.192 e. The van der Waals surface area contributed by atoms with Crippen molar-refractivity contribution in [3.8, 4) is 0 Å². The first-order valence-corrected chi connectivity index (χ1v) is 9.94. The molecule has 2 nitrogen and oxygen atoms in total. The molecule has 0 amide bonds. The van der Waals surface area contributed by atoms with Crippen molar-refractivity contribution in [1.29, 1.82) is 0 Å². The molecule has 0 aromatic carbocycles. The molecule has 0 heterocycles. The highest BCUT2D eigenvalue weighted by molar-refractivity contribution is 6.74. The van der Waals surface area contributed by atoms with Crippen molar-refractivity contribution in [2.75, 3.05) is 0 Å². The van der Waals surface area contributed by atoms with Gasteiger partial charge < -0.3 is 4.43 Å². The van der Waals surface area contributed by atoms with Gasteiger partial charge in [-0.05, 0) is 49.9 Å². The fourth-order valence-electron chi connectivity index (χ4n) is 2.04. The molecule has 0 radical (unpaired) electrons. The number of ketones is 1. The topological polar surface area (TPSA) is 26.3 Å². The van der Waals surface area contributed by atoms with Gasteiger partial charge in [-0.25, -0.2) is 0 Å². The van der Waals surface area contributed by atoms with Gasteiger partial charge >= 0.3 is 0 Å². The van der Waals surface area contributed by atoms with E-state index in [-0.39, 0.29) is 11.1 Å². The van der Waals surface area contributed by atoms with Gasteiger partial charge in [0.05, 0.1) is 0 Å². The normalized spacial score (nSPS) is 18.7. The summed E-state index contributed by atoms with van der Waals surface area (Å²) < 4.78 is 6.22. The van der Waals surface area contributed by atoms with Gasteiger partial charge in [0.2, 0.25) is 0 Å². The summed E-state index contributed by atoms with van der Waals surface area (Å²) in [5, 5.41) is 0.205. The van der Waals surface area contributed by atoms with Crippen molar-refractivity contribution in [3.05, 3.63) is 11.6 Å². The molecule has 0 spiro atoms. The molecule has 0 aliphatic heterocycles. The summed E-state index contributed by atoms with van der Waals surface area (Å²) in [6, 6.07) is 0. The minimum absolute atomic E-state index is 0.0416. The Bertz CT molecular complexity index is 337. The number of carbonyl (C=O) groups is 1. The van der Waals surface area contributed by atoms with Crippen LogP contribution in [0.4, 0.5) is 0 Å². The minimum atomic E-state index is -1.75. The van der Waals surface area contributed by atoms with E-state index in [0.29, 0.717) is 12.2 Å². The summed E-state index contributed by atoms with van der Waals surface area (Å²) in [7, 11) is -1.75. The minimum Gasteiger partial charge on any atom is -0.414 e. The predicted molar refractivity (Wildman–Crippen MR) is 79.3 cm³/mol. The molecule has 1 atom stereocenters. The first kappa shape index (κ1) is 15.6. The fourth-order valence-corrected chi connectivity index (χ4v) is 3.48. The van der Waals surface area contributed by atoms with Crippen molar-refractivity contribution in [1.82, 2.24) is 0 Å². The van der Waals surface area contributed by atoms with Gasteiger partial charge in [-0.3, -0.25) is 4.79 Å². The lowest BCUT2D eigenvalue weighted by atomic mass is 10.1. The third kappa shape index (κ3) is 4.06. The zero-order valence-corrected chi connectivity index (χ0v) is 13.8. The van der Waals surface area contributed by atoms with Crippen LogP contribution < -0.4 is 0 Å². The molecule has 0 saturated heterocycles. The highest BCUT2D eigenvalue weighted by atomic mass is 28.4. The molecule has 0 aromatic rings. The van der Waals surface area contributed by atoms with Crippen molar-refractivity contribution in [2.24, 2.45) is 0 Å². The average Bonchev–Trinajstić information content (AvgIpc) is 2.66. The number of rotatable bonds is 5. The zero-order valence-electron chi connectivity index (χ0n) is 12.8. The summed E-state index contributed by atoms with van der Waals surface area (Å²) in [6.07, 6.45) is 5.85. The molecule has 1 aliphatic rings. The van der Waals surface area contributed by atoms with Gasteiger partial charge in [-0.15, -0.1) is 0 Å². The van der Waals surface area contributed by atoms with E-state index in [9.17, 15) is 4.79 Å². The van der Waals surface area contributed by atoms with Gasteiger partial charge in [-0.1, -0.05) is 26.8 Å². The van der Waals surface area contributed by atoms with Gasteiger partial charge in [0.25, 0.3) is 0 Å². The number of hydrogen-bond donors (Lipinski definition) is 0. The Morgan fingerprint density at radius 1 is 1.44 bits per heavy atom. The molecule has 0 bridgehead atoms. The van der Waals surface area contributed by atoms with Crippen LogP contribution >= 0.6 is 0 Å². The van der Waals surface area contributed by atoms with E-state index in [2.05, 4.69) is 39.9 Å². The Kier molecular flexibility index (Phi) is 4.95. The third-order valence-corrected chi connectivity index (χ3v) is 8.78. The maximum Gasteiger partial charge on any atom is 0.192 e. The summed E-state index contributed by atoms with van der Waals surface area (Å²) in [5.41, 5.74) is 1.03. The Morgan fingerprint density at radius 3 is 2.50 bits per heavy atom. The maximum absolute atomic E-state index is 12.1. The van der Waals surface area contributed by atoms with Gasteiger partial charge in [0.1, 0.15) is 0 Å². The molecule has 0 N–H and O–H groups in total. The van der Waals surface area contributed by atoms with Crippen LogP contribution in [0.25, 0.3) is 0 Å². The first-order chi connectivity index (χ1) is 8.13. The highest BCUT2D eigenvalue weighted by Gasteiger charge is 2.38. The van der Waals surface area contributed by atoms with Crippen LogP contribution in [0.2, 0.25) is 18.1 Å². The largest absolute Gasteiger partial charge is 0.414 e. The Labute approximate surface area is 113 Å². The van der Waals surface area contributed by atoms with Gasteiger partial charge in [-0.2, -0.15) is 0 Å². The molecule has 0 saturated carbocycles. The number of carbonyl (C=O) groups excluding carboxylic acids is 1. The Balaban J connectivity index is 2.51. The molecule has 104 valence electrons.